The maximum Gasteiger partial charge on any atom is 0.180 e. The van der Waals surface area contributed by atoms with Crippen molar-refractivity contribution >= 4 is 23.3 Å². The van der Waals surface area contributed by atoms with Gasteiger partial charge in [-0.25, -0.2) is 0 Å². The van der Waals surface area contributed by atoms with Crippen molar-refractivity contribution < 1.29 is 0 Å². The third-order valence-corrected chi connectivity index (χ3v) is 2.98. The van der Waals surface area contributed by atoms with Crippen molar-refractivity contribution in [2.75, 3.05) is 0 Å². The van der Waals surface area contributed by atoms with Crippen LogP contribution in [0.15, 0.2) is 18.2 Å². The van der Waals surface area contributed by atoms with Gasteiger partial charge in [-0.1, -0.05) is 6.07 Å². The maximum absolute atomic E-state index is 5.26. The summed E-state index contributed by atoms with van der Waals surface area (Å²) in [6.45, 7) is 2.09. The van der Waals surface area contributed by atoms with Gasteiger partial charge >= 0.3 is 0 Å². The number of rotatable bonds is 0. The first-order chi connectivity index (χ1) is 6.11. The van der Waals surface area contributed by atoms with E-state index < -0.39 is 0 Å². The minimum Gasteiger partial charge on any atom is -0.320 e. The van der Waals surface area contributed by atoms with Crippen molar-refractivity contribution in [2.24, 2.45) is 14.1 Å². The van der Waals surface area contributed by atoms with E-state index in [0.717, 1.165) is 4.77 Å². The van der Waals surface area contributed by atoms with E-state index in [-0.39, 0.29) is 0 Å². The number of nitrogens with zero attached hydrogens (tertiary/aromatic N) is 2. The number of aryl methyl sites for hydroxylation is 3. The lowest BCUT2D eigenvalue weighted by atomic mass is 10.2. The van der Waals surface area contributed by atoms with Gasteiger partial charge < -0.3 is 9.13 Å². The third kappa shape index (κ3) is 1.11. The number of hydrogen-bond donors (Lipinski definition) is 0. The van der Waals surface area contributed by atoms with Crippen molar-refractivity contribution in [1.82, 2.24) is 9.13 Å². The van der Waals surface area contributed by atoms with E-state index in [9.17, 15) is 0 Å². The lowest BCUT2D eigenvalue weighted by Crippen LogP contribution is -1.90. The van der Waals surface area contributed by atoms with E-state index in [1.165, 1.54) is 16.6 Å². The highest BCUT2D eigenvalue weighted by molar-refractivity contribution is 7.71. The number of aromatic nitrogens is 2. The third-order valence-electron chi connectivity index (χ3n) is 2.43. The van der Waals surface area contributed by atoms with Gasteiger partial charge in [-0.2, -0.15) is 0 Å². The van der Waals surface area contributed by atoms with Crippen molar-refractivity contribution in [1.29, 1.82) is 0 Å². The fourth-order valence-corrected chi connectivity index (χ4v) is 1.81. The first-order valence-electron chi connectivity index (χ1n) is 4.23. The van der Waals surface area contributed by atoms with E-state index in [1.54, 1.807) is 0 Å². The van der Waals surface area contributed by atoms with Crippen molar-refractivity contribution in [3.05, 3.63) is 28.5 Å². The molecule has 0 spiro atoms. The van der Waals surface area contributed by atoms with E-state index in [4.69, 9.17) is 12.2 Å². The highest BCUT2D eigenvalue weighted by Gasteiger charge is 2.03. The Morgan fingerprint density at radius 2 is 1.69 bits per heavy atom. The highest BCUT2D eigenvalue weighted by atomic mass is 32.1. The zero-order chi connectivity index (χ0) is 9.59. The van der Waals surface area contributed by atoms with Gasteiger partial charge in [0, 0.05) is 14.1 Å². The molecule has 1 aromatic heterocycles. The number of imidazole rings is 1. The van der Waals surface area contributed by atoms with Crippen LogP contribution in [0.5, 0.6) is 0 Å². The molecular formula is C10H12N2S. The van der Waals surface area contributed by atoms with Crippen LogP contribution in [0, 0.1) is 11.7 Å². The molecule has 0 aliphatic carbocycles. The Morgan fingerprint density at radius 1 is 1.08 bits per heavy atom. The molecule has 0 radical (unpaired) electrons. The van der Waals surface area contributed by atoms with Gasteiger partial charge in [-0.3, -0.25) is 0 Å². The Bertz CT molecular complexity index is 519. The minimum atomic E-state index is 0.862. The lowest BCUT2D eigenvalue weighted by Gasteiger charge is -1.96. The van der Waals surface area contributed by atoms with Gasteiger partial charge in [0.2, 0.25) is 0 Å². The molecule has 0 N–H and O–H groups in total. The van der Waals surface area contributed by atoms with Crippen LogP contribution in [-0.4, -0.2) is 9.13 Å². The van der Waals surface area contributed by atoms with Crippen LogP contribution in [0.4, 0.5) is 0 Å². The van der Waals surface area contributed by atoms with Crippen LogP contribution in [-0.2, 0) is 14.1 Å². The fraction of sp³-hybridized carbons (Fsp3) is 0.300. The molecular weight excluding hydrogens is 180 g/mol. The molecule has 1 aromatic carbocycles. The summed E-state index contributed by atoms with van der Waals surface area (Å²) in [4.78, 5) is 0. The second kappa shape index (κ2) is 2.70. The predicted octanol–water partition coefficient (Wildman–Crippen LogP) is 2.55. The van der Waals surface area contributed by atoms with Gasteiger partial charge in [0.05, 0.1) is 11.0 Å². The molecule has 0 aliphatic heterocycles. The summed E-state index contributed by atoms with van der Waals surface area (Å²) < 4.78 is 4.93. The average Bonchev–Trinajstić information content (AvgIpc) is 2.32. The van der Waals surface area contributed by atoms with Crippen LogP contribution in [0.2, 0.25) is 0 Å². The smallest absolute Gasteiger partial charge is 0.180 e. The first-order valence-corrected chi connectivity index (χ1v) is 4.64. The quantitative estimate of drug-likeness (QED) is 0.583. The molecule has 2 aromatic rings. The Morgan fingerprint density at radius 3 is 2.38 bits per heavy atom. The molecule has 0 atom stereocenters. The predicted molar refractivity (Wildman–Crippen MR) is 57.5 cm³/mol. The van der Waals surface area contributed by atoms with E-state index in [1.807, 2.05) is 23.2 Å². The van der Waals surface area contributed by atoms with Gasteiger partial charge in [0.25, 0.3) is 0 Å². The van der Waals surface area contributed by atoms with Crippen LogP contribution in [0.3, 0.4) is 0 Å². The van der Waals surface area contributed by atoms with Crippen LogP contribution < -0.4 is 0 Å². The molecule has 68 valence electrons. The Kier molecular flexibility index (Phi) is 1.77. The van der Waals surface area contributed by atoms with Crippen LogP contribution in [0.1, 0.15) is 5.56 Å². The van der Waals surface area contributed by atoms with Crippen LogP contribution in [0.25, 0.3) is 11.0 Å². The molecule has 0 amide bonds. The fourth-order valence-electron chi connectivity index (χ4n) is 1.62. The number of fused-ring (bicyclic) bond motifs is 1. The van der Waals surface area contributed by atoms with Crippen LogP contribution >= 0.6 is 12.2 Å². The van der Waals surface area contributed by atoms with Gasteiger partial charge in [0.1, 0.15) is 0 Å². The van der Waals surface area contributed by atoms with Crippen molar-refractivity contribution in [3.8, 4) is 0 Å². The molecule has 0 saturated heterocycles. The van der Waals surface area contributed by atoms with Gasteiger partial charge in [0.15, 0.2) is 4.77 Å². The average molecular weight is 192 g/mol. The Labute approximate surface area is 82.4 Å². The normalized spacial score (nSPS) is 11.0. The zero-order valence-electron chi connectivity index (χ0n) is 8.03. The Hall–Kier alpha value is -1.09. The topological polar surface area (TPSA) is 9.86 Å². The van der Waals surface area contributed by atoms with Crippen molar-refractivity contribution in [3.63, 3.8) is 0 Å². The Balaban J connectivity index is 3.04. The molecule has 13 heavy (non-hydrogen) atoms. The largest absolute Gasteiger partial charge is 0.320 e. The first kappa shape index (κ1) is 8.51. The lowest BCUT2D eigenvalue weighted by molar-refractivity contribution is 0.834. The zero-order valence-corrected chi connectivity index (χ0v) is 8.85. The summed E-state index contributed by atoms with van der Waals surface area (Å²) >= 11 is 5.26. The molecule has 0 unspecified atom stereocenters. The summed E-state index contributed by atoms with van der Waals surface area (Å²) in [7, 11) is 4.00. The van der Waals surface area contributed by atoms with E-state index in [2.05, 4.69) is 25.1 Å². The minimum absolute atomic E-state index is 0.862. The van der Waals surface area contributed by atoms with Crippen molar-refractivity contribution in [2.45, 2.75) is 6.92 Å². The monoisotopic (exact) mass is 192 g/mol. The highest BCUT2D eigenvalue weighted by Crippen LogP contribution is 2.16. The summed E-state index contributed by atoms with van der Waals surface area (Å²) in [6.07, 6.45) is 0. The maximum atomic E-state index is 5.26. The summed E-state index contributed by atoms with van der Waals surface area (Å²) in [5.74, 6) is 0. The molecule has 0 aliphatic rings. The molecule has 2 nitrogen and oxygen atoms in total. The van der Waals surface area contributed by atoms with E-state index >= 15 is 0 Å². The summed E-state index contributed by atoms with van der Waals surface area (Å²) in [6, 6.07) is 6.38. The van der Waals surface area contributed by atoms with Gasteiger partial charge in [-0.15, -0.1) is 0 Å². The molecule has 3 heteroatoms. The van der Waals surface area contributed by atoms with E-state index in [0.29, 0.717) is 0 Å². The second-order valence-electron chi connectivity index (χ2n) is 3.39. The summed E-state index contributed by atoms with van der Waals surface area (Å²) in [5, 5.41) is 0. The SMILES string of the molecule is Cc1ccc2c(c1)n(C)c(=S)n2C. The number of benzene rings is 1. The molecule has 0 bridgehead atoms. The summed E-state index contributed by atoms with van der Waals surface area (Å²) in [5.41, 5.74) is 3.66. The standard InChI is InChI=1S/C10H12N2S/c1-7-4-5-8-9(6-7)12(3)10(13)11(8)2/h4-6H,1-3H3. The molecule has 2 rings (SSSR count). The molecule has 0 saturated carbocycles. The number of hydrogen-bond acceptors (Lipinski definition) is 1. The molecule has 0 fully saturated rings. The van der Waals surface area contributed by atoms with Gasteiger partial charge in [-0.05, 0) is 36.8 Å². The molecule has 1 heterocycles. The second-order valence-corrected chi connectivity index (χ2v) is 3.76.